The molecule has 0 saturated carbocycles. The monoisotopic (exact) mass is 351 g/mol. The number of nitrogens with zero attached hydrogens (tertiary/aromatic N) is 1. The van der Waals surface area contributed by atoms with E-state index in [0.29, 0.717) is 5.57 Å². The summed E-state index contributed by atoms with van der Waals surface area (Å²) in [4.78, 5) is 17.8. The van der Waals surface area contributed by atoms with Crippen LogP contribution in [0.1, 0.15) is 24.1 Å². The average Bonchev–Trinajstić information content (AvgIpc) is 2.63. The highest BCUT2D eigenvalue weighted by atomic mass is 32.2. The van der Waals surface area contributed by atoms with Crippen LogP contribution in [0.2, 0.25) is 0 Å². The van der Waals surface area contributed by atoms with Gasteiger partial charge in [-0.15, -0.1) is 0 Å². The number of carbonyl (C=O) groups excluding carboxylic acids is 1. The molecule has 0 spiro atoms. The molecule has 2 N–H and O–H groups in total. The van der Waals surface area contributed by atoms with Crippen LogP contribution in [0.5, 0.6) is 0 Å². The van der Waals surface area contributed by atoms with Gasteiger partial charge in [-0.3, -0.25) is 4.79 Å². The number of carbonyl (C=O) groups is 1. The lowest BCUT2D eigenvalue weighted by molar-refractivity contribution is -0.113. The normalized spacial score (nSPS) is 16.9. The van der Waals surface area contributed by atoms with E-state index in [0.717, 1.165) is 27.7 Å². The van der Waals surface area contributed by atoms with Crippen molar-refractivity contribution >= 4 is 28.5 Å². The van der Waals surface area contributed by atoms with Crippen molar-refractivity contribution in [1.82, 2.24) is 5.32 Å². The lowest BCUT2D eigenvalue weighted by Crippen LogP contribution is -2.32. The van der Waals surface area contributed by atoms with Gasteiger partial charge in [0.25, 0.3) is 5.91 Å². The molecule has 0 radical (unpaired) electrons. The zero-order valence-electron chi connectivity index (χ0n) is 14.5. The molecule has 0 bridgehead atoms. The van der Waals surface area contributed by atoms with E-state index in [1.54, 1.807) is 11.8 Å². The Balaban J connectivity index is 1.96. The summed E-state index contributed by atoms with van der Waals surface area (Å²) >= 11 is 1.54. The van der Waals surface area contributed by atoms with Gasteiger partial charge in [-0.1, -0.05) is 60.3 Å². The molecule has 0 aliphatic carbocycles. The second-order valence-electron chi connectivity index (χ2n) is 5.88. The number of para-hydroxylation sites is 1. The van der Waals surface area contributed by atoms with Crippen molar-refractivity contribution in [3.63, 3.8) is 0 Å². The SMILES string of the molecule is CSC1=NC(c2ccccc2)C(C(=O)Nc2ccccc2C)=C(C)N1. The van der Waals surface area contributed by atoms with Crippen molar-refractivity contribution in [2.45, 2.75) is 19.9 Å². The predicted octanol–water partition coefficient (Wildman–Crippen LogP) is 4.27. The van der Waals surface area contributed by atoms with Crippen LogP contribution in [0.3, 0.4) is 0 Å². The minimum Gasteiger partial charge on any atom is -0.338 e. The number of benzene rings is 2. The third-order valence-electron chi connectivity index (χ3n) is 4.16. The highest BCUT2D eigenvalue weighted by Gasteiger charge is 2.29. The maximum absolute atomic E-state index is 13.0. The number of thioether (sulfide) groups is 1. The summed E-state index contributed by atoms with van der Waals surface area (Å²) in [5.74, 6) is -0.128. The molecule has 128 valence electrons. The van der Waals surface area contributed by atoms with Gasteiger partial charge in [0.15, 0.2) is 5.17 Å². The van der Waals surface area contributed by atoms with E-state index in [2.05, 4.69) is 10.6 Å². The minimum absolute atomic E-state index is 0.128. The highest BCUT2D eigenvalue weighted by Crippen LogP contribution is 2.32. The molecule has 1 atom stereocenters. The van der Waals surface area contributed by atoms with Crippen LogP contribution >= 0.6 is 11.8 Å². The second-order valence-corrected chi connectivity index (χ2v) is 6.68. The zero-order chi connectivity index (χ0) is 17.8. The van der Waals surface area contributed by atoms with Gasteiger partial charge in [-0.05, 0) is 37.3 Å². The standard InChI is InChI=1S/C20H21N3OS/c1-13-9-7-8-12-16(13)22-19(24)17-14(2)21-20(25-3)23-18(17)15-10-5-4-6-11-15/h4-12,18H,1-3H3,(H,21,23)(H,22,24). The Morgan fingerprint density at radius 2 is 1.76 bits per heavy atom. The van der Waals surface area contributed by atoms with Crippen LogP contribution in [-0.2, 0) is 4.79 Å². The van der Waals surface area contributed by atoms with Crippen molar-refractivity contribution in [3.05, 3.63) is 77.0 Å². The molecule has 1 aliphatic heterocycles. The van der Waals surface area contributed by atoms with Gasteiger partial charge in [0.1, 0.15) is 6.04 Å². The molecule has 0 aromatic heterocycles. The predicted molar refractivity (Wildman–Crippen MR) is 106 cm³/mol. The van der Waals surface area contributed by atoms with E-state index in [9.17, 15) is 4.79 Å². The number of amidine groups is 1. The summed E-state index contributed by atoms with van der Waals surface area (Å²) < 4.78 is 0. The van der Waals surface area contributed by atoms with Crippen LogP contribution in [0, 0.1) is 6.92 Å². The maximum Gasteiger partial charge on any atom is 0.255 e. The molecule has 1 unspecified atom stereocenters. The van der Waals surface area contributed by atoms with E-state index in [-0.39, 0.29) is 11.9 Å². The van der Waals surface area contributed by atoms with Gasteiger partial charge in [0.2, 0.25) is 0 Å². The number of rotatable bonds is 3. The van der Waals surface area contributed by atoms with Gasteiger partial charge < -0.3 is 10.6 Å². The molecule has 25 heavy (non-hydrogen) atoms. The Morgan fingerprint density at radius 3 is 2.44 bits per heavy atom. The summed E-state index contributed by atoms with van der Waals surface area (Å²) in [5, 5.41) is 7.08. The van der Waals surface area contributed by atoms with Crippen LogP contribution < -0.4 is 10.6 Å². The Labute approximate surface area is 152 Å². The number of nitrogens with one attached hydrogen (secondary N) is 2. The summed E-state index contributed by atoms with van der Waals surface area (Å²) in [5.41, 5.74) is 4.33. The molecule has 4 nitrogen and oxygen atoms in total. The van der Waals surface area contributed by atoms with Gasteiger partial charge in [-0.2, -0.15) is 0 Å². The molecule has 2 aromatic rings. The van der Waals surface area contributed by atoms with Crippen molar-refractivity contribution < 1.29 is 4.79 Å². The first-order valence-electron chi connectivity index (χ1n) is 8.11. The minimum atomic E-state index is -0.311. The molecular formula is C20H21N3OS. The quantitative estimate of drug-likeness (QED) is 0.868. The zero-order valence-corrected chi connectivity index (χ0v) is 15.4. The maximum atomic E-state index is 13.0. The number of aryl methyl sites for hydroxylation is 1. The third kappa shape index (κ3) is 3.77. The molecule has 1 heterocycles. The molecule has 3 rings (SSSR count). The fraction of sp³-hybridized carbons (Fsp3) is 0.200. The van der Waals surface area contributed by atoms with Crippen LogP contribution in [-0.4, -0.2) is 17.3 Å². The largest absolute Gasteiger partial charge is 0.338 e. The van der Waals surface area contributed by atoms with E-state index in [1.165, 1.54) is 0 Å². The number of amides is 1. The van der Waals surface area contributed by atoms with Crippen molar-refractivity contribution in [3.8, 4) is 0 Å². The summed E-state index contributed by atoms with van der Waals surface area (Å²) in [6, 6.07) is 17.4. The molecule has 2 aromatic carbocycles. The molecule has 1 aliphatic rings. The number of hydrogen-bond acceptors (Lipinski definition) is 4. The smallest absolute Gasteiger partial charge is 0.255 e. The Kier molecular flexibility index (Phi) is 5.24. The number of hydrogen-bond donors (Lipinski definition) is 2. The molecule has 5 heteroatoms. The Morgan fingerprint density at radius 1 is 1.08 bits per heavy atom. The number of anilines is 1. The van der Waals surface area contributed by atoms with E-state index in [1.807, 2.05) is 74.7 Å². The summed E-state index contributed by atoms with van der Waals surface area (Å²) in [7, 11) is 0. The molecule has 0 fully saturated rings. The van der Waals surface area contributed by atoms with Crippen LogP contribution in [0.25, 0.3) is 0 Å². The van der Waals surface area contributed by atoms with Crippen molar-refractivity contribution in [2.24, 2.45) is 4.99 Å². The molecular weight excluding hydrogens is 330 g/mol. The van der Waals surface area contributed by atoms with Crippen molar-refractivity contribution in [1.29, 1.82) is 0 Å². The first kappa shape index (κ1) is 17.3. The Hall–Kier alpha value is -2.53. The second kappa shape index (κ2) is 7.57. The first-order valence-corrected chi connectivity index (χ1v) is 9.34. The fourth-order valence-corrected chi connectivity index (χ4v) is 3.29. The lowest BCUT2D eigenvalue weighted by Gasteiger charge is -2.26. The van der Waals surface area contributed by atoms with Gasteiger partial charge in [0, 0.05) is 11.4 Å². The van der Waals surface area contributed by atoms with Crippen LogP contribution in [0.4, 0.5) is 5.69 Å². The van der Waals surface area contributed by atoms with Gasteiger partial charge in [-0.25, -0.2) is 4.99 Å². The third-order valence-corrected chi connectivity index (χ3v) is 4.76. The van der Waals surface area contributed by atoms with E-state index < -0.39 is 0 Å². The number of allylic oxidation sites excluding steroid dienone is 1. The van der Waals surface area contributed by atoms with E-state index in [4.69, 9.17) is 4.99 Å². The van der Waals surface area contributed by atoms with Gasteiger partial charge in [0.05, 0.1) is 5.57 Å². The van der Waals surface area contributed by atoms with Crippen LogP contribution in [0.15, 0.2) is 70.9 Å². The van der Waals surface area contributed by atoms with Crippen molar-refractivity contribution in [2.75, 3.05) is 11.6 Å². The average molecular weight is 351 g/mol. The first-order chi connectivity index (χ1) is 12.1. The lowest BCUT2D eigenvalue weighted by atomic mass is 9.96. The number of aliphatic imine (C=N–C) groups is 1. The Bertz CT molecular complexity index is 843. The summed E-state index contributed by atoms with van der Waals surface area (Å²) in [6.07, 6.45) is 1.97. The fourth-order valence-electron chi connectivity index (χ4n) is 2.82. The highest BCUT2D eigenvalue weighted by molar-refractivity contribution is 8.13. The van der Waals surface area contributed by atoms with Gasteiger partial charge >= 0.3 is 0 Å². The summed E-state index contributed by atoms with van der Waals surface area (Å²) in [6.45, 7) is 3.90. The molecule has 1 amide bonds. The topological polar surface area (TPSA) is 53.5 Å². The van der Waals surface area contributed by atoms with E-state index >= 15 is 0 Å². The molecule has 0 saturated heterocycles.